The highest BCUT2D eigenvalue weighted by molar-refractivity contribution is 6.14. The molecule has 1 unspecified atom stereocenters. The maximum atomic E-state index is 12.6. The number of aliphatic imine (C=N–C) groups is 1. The zero-order valence-corrected chi connectivity index (χ0v) is 14.6. The molecule has 2 heterocycles. The number of para-hydroxylation sites is 1. The monoisotopic (exact) mass is 355 g/mol. The predicted molar refractivity (Wildman–Crippen MR) is 103 cm³/mol. The maximum Gasteiger partial charge on any atom is 0.296 e. The molecule has 27 heavy (non-hydrogen) atoms. The molecule has 0 fully saturated rings. The number of hydrogen-bond donors (Lipinski definition) is 1. The van der Waals surface area contributed by atoms with Crippen LogP contribution >= 0.6 is 0 Å². The van der Waals surface area contributed by atoms with Gasteiger partial charge in [0.2, 0.25) is 0 Å². The standard InChI is InChI=1S/C22H17N3O2/c26-21-17-6-3-5-15(17)16-10-9-14(12-20(16)25-21)23-22(27)19-11-8-13-4-1-2-7-18(13)24-19/h1-2,4,7-12,16H,3,5-6H2,(H,25,26). The molecule has 5 nitrogen and oxygen atoms in total. The molecule has 0 saturated carbocycles. The minimum atomic E-state index is -0.390. The first kappa shape index (κ1) is 15.9. The number of nitrogens with one attached hydrogen (secondary N) is 1. The maximum absolute atomic E-state index is 12.6. The fraction of sp³-hybridized carbons (Fsp3) is 0.182. The lowest BCUT2D eigenvalue weighted by Crippen LogP contribution is -2.35. The molecule has 0 spiro atoms. The summed E-state index contributed by atoms with van der Waals surface area (Å²) >= 11 is 0. The number of allylic oxidation sites excluding steroid dienone is 3. The van der Waals surface area contributed by atoms with Crippen molar-refractivity contribution >= 4 is 28.4 Å². The van der Waals surface area contributed by atoms with E-state index in [1.54, 1.807) is 12.1 Å². The number of hydrogen-bond acceptors (Lipinski definition) is 3. The van der Waals surface area contributed by atoms with Crippen molar-refractivity contribution in [3.8, 4) is 0 Å². The molecule has 1 N–H and O–H groups in total. The Morgan fingerprint density at radius 1 is 1.15 bits per heavy atom. The normalized spacial score (nSPS) is 22.5. The molecule has 5 heteroatoms. The molecule has 132 valence electrons. The van der Waals surface area contributed by atoms with Crippen molar-refractivity contribution in [2.45, 2.75) is 19.3 Å². The van der Waals surface area contributed by atoms with Gasteiger partial charge in [-0.1, -0.05) is 30.3 Å². The minimum Gasteiger partial charge on any atom is -0.325 e. The zero-order valence-electron chi connectivity index (χ0n) is 14.6. The van der Waals surface area contributed by atoms with Crippen molar-refractivity contribution in [1.29, 1.82) is 0 Å². The number of aromatic nitrogens is 1. The fourth-order valence-electron chi connectivity index (χ4n) is 4.02. The topological polar surface area (TPSA) is 71.4 Å². The third kappa shape index (κ3) is 2.72. The summed E-state index contributed by atoms with van der Waals surface area (Å²) in [6.07, 6.45) is 8.52. The number of carbonyl (C=O) groups is 2. The van der Waals surface area contributed by atoms with Crippen molar-refractivity contribution in [3.05, 3.63) is 77.2 Å². The van der Waals surface area contributed by atoms with E-state index < -0.39 is 5.91 Å². The van der Waals surface area contributed by atoms with Crippen LogP contribution in [0.1, 0.15) is 29.8 Å². The number of pyridine rings is 1. The van der Waals surface area contributed by atoms with Crippen LogP contribution in [0.15, 0.2) is 76.5 Å². The molecule has 1 aromatic heterocycles. The zero-order chi connectivity index (χ0) is 18.4. The Hall–Kier alpha value is -3.34. The molecule has 0 bridgehead atoms. The summed E-state index contributed by atoms with van der Waals surface area (Å²) in [6, 6.07) is 11.2. The minimum absolute atomic E-state index is 0.0119. The lowest BCUT2D eigenvalue weighted by molar-refractivity contribution is -0.117. The Morgan fingerprint density at radius 2 is 2.04 bits per heavy atom. The van der Waals surface area contributed by atoms with E-state index >= 15 is 0 Å². The Kier molecular flexibility index (Phi) is 3.60. The van der Waals surface area contributed by atoms with Crippen LogP contribution in [0.5, 0.6) is 0 Å². The van der Waals surface area contributed by atoms with E-state index in [-0.39, 0.29) is 11.8 Å². The summed E-state index contributed by atoms with van der Waals surface area (Å²) in [6.45, 7) is 0. The van der Waals surface area contributed by atoms with Gasteiger partial charge in [0, 0.05) is 22.6 Å². The first-order chi connectivity index (χ1) is 13.2. The van der Waals surface area contributed by atoms with Crippen molar-refractivity contribution in [3.63, 3.8) is 0 Å². The van der Waals surface area contributed by atoms with Gasteiger partial charge in [0.1, 0.15) is 5.69 Å². The Labute approximate surface area is 156 Å². The highest BCUT2D eigenvalue weighted by atomic mass is 16.2. The SMILES string of the molecule is O=C1NC2=CC(=NC(=O)c3ccc4ccccc4n3)C=CC2C2=C1CCC2. The summed E-state index contributed by atoms with van der Waals surface area (Å²) in [5, 5.41) is 3.94. The number of amides is 2. The van der Waals surface area contributed by atoms with Crippen LogP contribution in [0.4, 0.5) is 0 Å². The predicted octanol–water partition coefficient (Wildman–Crippen LogP) is 3.50. The van der Waals surface area contributed by atoms with E-state index in [4.69, 9.17) is 0 Å². The molecule has 0 saturated heterocycles. The average molecular weight is 355 g/mol. The quantitative estimate of drug-likeness (QED) is 0.851. The number of carbonyl (C=O) groups excluding carboxylic acids is 2. The van der Waals surface area contributed by atoms with Gasteiger partial charge in [0.05, 0.1) is 11.2 Å². The molecule has 2 aliphatic carbocycles. The average Bonchev–Trinajstić information content (AvgIpc) is 3.18. The van der Waals surface area contributed by atoms with Crippen molar-refractivity contribution in [1.82, 2.24) is 10.3 Å². The number of fused-ring (bicyclic) bond motifs is 3. The second-order valence-corrected chi connectivity index (χ2v) is 6.98. The van der Waals surface area contributed by atoms with E-state index in [0.717, 1.165) is 41.4 Å². The van der Waals surface area contributed by atoms with E-state index in [0.29, 0.717) is 11.4 Å². The van der Waals surface area contributed by atoms with Gasteiger partial charge >= 0.3 is 0 Å². The van der Waals surface area contributed by atoms with E-state index in [2.05, 4.69) is 15.3 Å². The van der Waals surface area contributed by atoms with Gasteiger partial charge in [-0.05, 0) is 49.1 Å². The Balaban J connectivity index is 1.45. The fourth-order valence-corrected chi connectivity index (χ4v) is 4.02. The van der Waals surface area contributed by atoms with Gasteiger partial charge in [-0.25, -0.2) is 9.98 Å². The molecule has 1 aromatic carbocycles. The highest BCUT2D eigenvalue weighted by Crippen LogP contribution is 2.39. The number of rotatable bonds is 1. The van der Waals surface area contributed by atoms with Crippen LogP contribution in [0, 0.1) is 5.92 Å². The van der Waals surface area contributed by atoms with Crippen LogP contribution in [-0.2, 0) is 4.79 Å². The number of benzene rings is 1. The Bertz CT molecular complexity index is 1120. The molecule has 0 radical (unpaired) electrons. The summed E-state index contributed by atoms with van der Waals surface area (Å²) in [7, 11) is 0. The second-order valence-electron chi connectivity index (χ2n) is 6.98. The van der Waals surface area contributed by atoms with Crippen molar-refractivity contribution < 1.29 is 9.59 Å². The van der Waals surface area contributed by atoms with Crippen LogP contribution in [-0.4, -0.2) is 22.5 Å². The molecular formula is C22H17N3O2. The molecular weight excluding hydrogens is 338 g/mol. The summed E-state index contributed by atoms with van der Waals surface area (Å²) < 4.78 is 0. The van der Waals surface area contributed by atoms with Crippen LogP contribution in [0.25, 0.3) is 10.9 Å². The van der Waals surface area contributed by atoms with Gasteiger partial charge in [-0.2, -0.15) is 0 Å². The van der Waals surface area contributed by atoms with Crippen LogP contribution < -0.4 is 5.32 Å². The van der Waals surface area contributed by atoms with Gasteiger partial charge in [-0.15, -0.1) is 0 Å². The molecule has 2 aromatic rings. The van der Waals surface area contributed by atoms with Gasteiger partial charge in [0.15, 0.2) is 0 Å². The van der Waals surface area contributed by atoms with Crippen LogP contribution in [0.3, 0.4) is 0 Å². The third-order valence-electron chi connectivity index (χ3n) is 5.31. The van der Waals surface area contributed by atoms with Gasteiger partial charge < -0.3 is 5.32 Å². The largest absolute Gasteiger partial charge is 0.325 e. The van der Waals surface area contributed by atoms with Gasteiger partial charge in [-0.3, -0.25) is 9.59 Å². The molecule has 1 aliphatic heterocycles. The van der Waals surface area contributed by atoms with Crippen molar-refractivity contribution in [2.24, 2.45) is 10.9 Å². The smallest absolute Gasteiger partial charge is 0.296 e. The van der Waals surface area contributed by atoms with E-state index in [1.807, 2.05) is 42.5 Å². The third-order valence-corrected chi connectivity index (χ3v) is 5.31. The first-order valence-corrected chi connectivity index (χ1v) is 9.11. The second kappa shape index (κ2) is 6.13. The highest BCUT2D eigenvalue weighted by Gasteiger charge is 2.34. The lowest BCUT2D eigenvalue weighted by Gasteiger charge is -2.28. The first-order valence-electron chi connectivity index (χ1n) is 9.11. The molecule has 2 amide bonds. The van der Waals surface area contributed by atoms with Gasteiger partial charge in [0.25, 0.3) is 11.8 Å². The van der Waals surface area contributed by atoms with E-state index in [9.17, 15) is 9.59 Å². The molecule has 3 aliphatic rings. The lowest BCUT2D eigenvalue weighted by atomic mass is 9.85. The molecule has 5 rings (SSSR count). The number of nitrogens with zero attached hydrogens (tertiary/aromatic N) is 2. The van der Waals surface area contributed by atoms with E-state index in [1.165, 1.54) is 5.57 Å². The summed E-state index contributed by atoms with van der Waals surface area (Å²) in [5.41, 5.74) is 4.55. The van der Waals surface area contributed by atoms with Crippen LogP contribution in [0.2, 0.25) is 0 Å². The molecule has 1 atom stereocenters. The summed E-state index contributed by atoms with van der Waals surface area (Å²) in [4.78, 5) is 33.4. The Morgan fingerprint density at radius 3 is 2.96 bits per heavy atom. The van der Waals surface area contributed by atoms with Crippen molar-refractivity contribution in [2.75, 3.05) is 0 Å². The summed E-state index contributed by atoms with van der Waals surface area (Å²) in [5.74, 6) is -0.297.